The minimum atomic E-state index is -0.711. The highest BCUT2D eigenvalue weighted by Crippen LogP contribution is 2.26. The van der Waals surface area contributed by atoms with E-state index < -0.39 is 5.97 Å². The normalized spacial score (nSPS) is 15.1. The molecule has 92 valence electrons. The van der Waals surface area contributed by atoms with Crippen LogP contribution in [-0.2, 0) is 11.2 Å². The molecule has 1 N–H and O–H groups in total. The minimum absolute atomic E-state index is 0.240. The quantitative estimate of drug-likeness (QED) is 0.778. The van der Waals surface area contributed by atoms with Crippen LogP contribution in [-0.4, -0.2) is 40.1 Å². The van der Waals surface area contributed by atoms with E-state index in [9.17, 15) is 4.79 Å². The molecule has 1 fully saturated rings. The molecule has 1 heterocycles. The van der Waals surface area contributed by atoms with E-state index in [0.29, 0.717) is 12.6 Å². The van der Waals surface area contributed by atoms with Crippen molar-refractivity contribution in [1.82, 2.24) is 9.88 Å². The number of carbonyl (C=O) groups is 1. The summed E-state index contributed by atoms with van der Waals surface area (Å²) in [5, 5.41) is 8.71. The lowest BCUT2D eigenvalue weighted by Gasteiger charge is -2.20. The van der Waals surface area contributed by atoms with Crippen LogP contribution in [0.1, 0.15) is 24.8 Å². The van der Waals surface area contributed by atoms with Gasteiger partial charge in [0.2, 0.25) is 0 Å². The van der Waals surface area contributed by atoms with Gasteiger partial charge in [-0.25, -0.2) is 0 Å². The van der Waals surface area contributed by atoms with Gasteiger partial charge < -0.3 is 5.11 Å². The standard InChI is InChI=1S/C13H18N2O2/c16-13(17)6-9-15(12-3-4-12)8-5-11-2-1-7-14-10-11/h1-2,7,10,12H,3-6,8-9H2,(H,16,17). The highest BCUT2D eigenvalue weighted by molar-refractivity contribution is 5.66. The van der Waals surface area contributed by atoms with Gasteiger partial charge >= 0.3 is 5.97 Å². The van der Waals surface area contributed by atoms with Gasteiger partial charge in [0.15, 0.2) is 0 Å². The lowest BCUT2D eigenvalue weighted by atomic mass is 10.2. The Labute approximate surface area is 101 Å². The fourth-order valence-corrected chi connectivity index (χ4v) is 1.97. The zero-order valence-corrected chi connectivity index (χ0v) is 9.88. The van der Waals surface area contributed by atoms with Crippen molar-refractivity contribution >= 4 is 5.97 Å². The molecular formula is C13H18N2O2. The molecule has 1 aliphatic rings. The fourth-order valence-electron chi connectivity index (χ4n) is 1.97. The third-order valence-corrected chi connectivity index (χ3v) is 3.09. The summed E-state index contributed by atoms with van der Waals surface area (Å²) < 4.78 is 0. The molecule has 0 aliphatic heterocycles. The molecule has 0 radical (unpaired) electrons. The molecule has 4 heteroatoms. The van der Waals surface area contributed by atoms with Gasteiger partial charge in [-0.3, -0.25) is 14.7 Å². The van der Waals surface area contributed by atoms with Crippen molar-refractivity contribution in [1.29, 1.82) is 0 Å². The molecule has 0 amide bonds. The molecule has 1 aromatic heterocycles. The number of carboxylic acid groups (broad SMARTS) is 1. The Kier molecular flexibility index (Phi) is 4.09. The Hall–Kier alpha value is -1.42. The average molecular weight is 234 g/mol. The van der Waals surface area contributed by atoms with Crippen LogP contribution in [0, 0.1) is 0 Å². The van der Waals surface area contributed by atoms with Crippen molar-refractivity contribution in [3.8, 4) is 0 Å². The van der Waals surface area contributed by atoms with E-state index in [1.54, 1.807) is 6.20 Å². The van der Waals surface area contributed by atoms with Gasteiger partial charge in [0.05, 0.1) is 6.42 Å². The highest BCUT2D eigenvalue weighted by Gasteiger charge is 2.28. The molecule has 0 spiro atoms. The van der Waals surface area contributed by atoms with Gasteiger partial charge in [-0.05, 0) is 30.9 Å². The van der Waals surface area contributed by atoms with Crippen molar-refractivity contribution in [3.63, 3.8) is 0 Å². The van der Waals surface area contributed by atoms with Crippen LogP contribution in [0.5, 0.6) is 0 Å². The van der Waals surface area contributed by atoms with Crippen LogP contribution in [0.3, 0.4) is 0 Å². The summed E-state index contributed by atoms with van der Waals surface area (Å²) in [6.45, 7) is 1.60. The largest absolute Gasteiger partial charge is 0.481 e. The van der Waals surface area contributed by atoms with E-state index in [2.05, 4.69) is 16.0 Å². The van der Waals surface area contributed by atoms with E-state index in [-0.39, 0.29) is 6.42 Å². The molecule has 0 atom stereocenters. The van der Waals surface area contributed by atoms with Crippen LogP contribution in [0.15, 0.2) is 24.5 Å². The van der Waals surface area contributed by atoms with E-state index in [0.717, 1.165) is 13.0 Å². The lowest BCUT2D eigenvalue weighted by molar-refractivity contribution is -0.137. The number of hydrogen-bond donors (Lipinski definition) is 1. The zero-order chi connectivity index (χ0) is 12.1. The Bertz CT molecular complexity index is 363. The molecule has 17 heavy (non-hydrogen) atoms. The monoisotopic (exact) mass is 234 g/mol. The van der Waals surface area contributed by atoms with Gasteiger partial charge in [0, 0.05) is 31.5 Å². The zero-order valence-electron chi connectivity index (χ0n) is 9.88. The first-order valence-corrected chi connectivity index (χ1v) is 6.10. The number of nitrogens with zero attached hydrogens (tertiary/aromatic N) is 2. The van der Waals surface area contributed by atoms with Gasteiger partial charge in [-0.2, -0.15) is 0 Å². The molecule has 0 saturated heterocycles. The first kappa shape index (κ1) is 12.0. The predicted molar refractivity (Wildman–Crippen MR) is 64.8 cm³/mol. The molecule has 0 aromatic carbocycles. The van der Waals surface area contributed by atoms with Crippen molar-refractivity contribution in [2.24, 2.45) is 0 Å². The van der Waals surface area contributed by atoms with E-state index in [1.165, 1.54) is 18.4 Å². The maximum Gasteiger partial charge on any atom is 0.304 e. The maximum atomic E-state index is 10.6. The maximum absolute atomic E-state index is 10.6. The second-order valence-electron chi connectivity index (χ2n) is 4.52. The Morgan fingerprint density at radius 1 is 1.47 bits per heavy atom. The fraction of sp³-hybridized carbons (Fsp3) is 0.538. The molecular weight excluding hydrogens is 216 g/mol. The van der Waals surface area contributed by atoms with E-state index >= 15 is 0 Å². The Morgan fingerprint density at radius 3 is 2.88 bits per heavy atom. The van der Waals surface area contributed by atoms with Crippen LogP contribution in [0.2, 0.25) is 0 Å². The minimum Gasteiger partial charge on any atom is -0.481 e. The molecule has 1 aromatic rings. The first-order valence-electron chi connectivity index (χ1n) is 6.10. The molecule has 1 saturated carbocycles. The predicted octanol–water partition coefficient (Wildman–Crippen LogP) is 1.56. The van der Waals surface area contributed by atoms with E-state index in [1.807, 2.05) is 12.3 Å². The number of rotatable bonds is 7. The molecule has 4 nitrogen and oxygen atoms in total. The van der Waals surface area contributed by atoms with Crippen molar-refractivity contribution in [3.05, 3.63) is 30.1 Å². The topological polar surface area (TPSA) is 53.4 Å². The third kappa shape index (κ3) is 4.15. The Morgan fingerprint density at radius 2 is 2.29 bits per heavy atom. The van der Waals surface area contributed by atoms with Gasteiger partial charge in [0.1, 0.15) is 0 Å². The van der Waals surface area contributed by atoms with Crippen LogP contribution >= 0.6 is 0 Å². The summed E-state index contributed by atoms with van der Waals surface area (Å²) in [5.41, 5.74) is 1.22. The molecule has 0 unspecified atom stereocenters. The second kappa shape index (κ2) is 5.77. The van der Waals surface area contributed by atoms with Crippen LogP contribution in [0.25, 0.3) is 0 Å². The number of aliphatic carboxylic acids is 1. The van der Waals surface area contributed by atoms with Crippen molar-refractivity contribution in [2.45, 2.75) is 31.7 Å². The summed E-state index contributed by atoms with van der Waals surface area (Å²) in [6.07, 6.45) is 7.27. The third-order valence-electron chi connectivity index (χ3n) is 3.09. The Balaban J connectivity index is 1.79. The van der Waals surface area contributed by atoms with Crippen molar-refractivity contribution in [2.75, 3.05) is 13.1 Å². The number of pyridine rings is 1. The summed E-state index contributed by atoms with van der Waals surface area (Å²) >= 11 is 0. The summed E-state index contributed by atoms with van der Waals surface area (Å²) in [5.74, 6) is -0.711. The van der Waals surface area contributed by atoms with Gasteiger partial charge in [-0.1, -0.05) is 6.07 Å². The molecule has 2 rings (SSSR count). The number of carboxylic acids is 1. The molecule has 1 aliphatic carbocycles. The van der Waals surface area contributed by atoms with Crippen LogP contribution < -0.4 is 0 Å². The average Bonchev–Trinajstić information content (AvgIpc) is 3.14. The van der Waals surface area contributed by atoms with Crippen LogP contribution in [0.4, 0.5) is 0 Å². The summed E-state index contributed by atoms with van der Waals surface area (Å²) in [4.78, 5) is 17.0. The second-order valence-corrected chi connectivity index (χ2v) is 4.52. The molecule has 0 bridgehead atoms. The number of aromatic nitrogens is 1. The van der Waals surface area contributed by atoms with Gasteiger partial charge in [0.25, 0.3) is 0 Å². The van der Waals surface area contributed by atoms with E-state index in [4.69, 9.17) is 5.11 Å². The summed E-state index contributed by atoms with van der Waals surface area (Å²) in [7, 11) is 0. The summed E-state index contributed by atoms with van der Waals surface area (Å²) in [6, 6.07) is 4.62. The smallest absolute Gasteiger partial charge is 0.304 e. The lowest BCUT2D eigenvalue weighted by Crippen LogP contribution is -2.30. The van der Waals surface area contributed by atoms with Gasteiger partial charge in [-0.15, -0.1) is 0 Å². The highest BCUT2D eigenvalue weighted by atomic mass is 16.4. The first-order chi connectivity index (χ1) is 8.25. The van der Waals surface area contributed by atoms with Crippen molar-refractivity contribution < 1.29 is 9.90 Å². The number of hydrogen-bond acceptors (Lipinski definition) is 3. The SMILES string of the molecule is O=C(O)CCN(CCc1cccnc1)C1CC1.